The standard InChI is InChI=1S/C20H25N3O2S/c1-4-25-19(24)17-15(3)21-20(26-23-12-6-5-7-13-23)22-18(17)16-10-8-14(2)9-11-16/h8-11H,4-7,12-13H2,1-3H3. The van der Waals surface area contributed by atoms with Crippen LogP contribution in [0.3, 0.4) is 0 Å². The highest BCUT2D eigenvalue weighted by molar-refractivity contribution is 7.96. The number of hydrogen-bond acceptors (Lipinski definition) is 6. The quantitative estimate of drug-likeness (QED) is 0.440. The van der Waals surface area contributed by atoms with Crippen molar-refractivity contribution in [2.75, 3.05) is 19.7 Å². The van der Waals surface area contributed by atoms with Crippen molar-refractivity contribution in [1.29, 1.82) is 0 Å². The van der Waals surface area contributed by atoms with E-state index in [0.29, 0.717) is 28.7 Å². The SMILES string of the molecule is CCOC(=O)c1c(C)nc(SN2CCCCC2)nc1-c1ccc(C)cc1. The van der Waals surface area contributed by atoms with Gasteiger partial charge in [-0.15, -0.1) is 0 Å². The lowest BCUT2D eigenvalue weighted by atomic mass is 10.0. The summed E-state index contributed by atoms with van der Waals surface area (Å²) >= 11 is 1.58. The third-order valence-corrected chi connectivity index (χ3v) is 5.37. The van der Waals surface area contributed by atoms with Gasteiger partial charge in [0.2, 0.25) is 5.16 Å². The second-order valence-electron chi connectivity index (χ2n) is 6.48. The third-order valence-electron chi connectivity index (χ3n) is 4.40. The van der Waals surface area contributed by atoms with Crippen LogP contribution in [0, 0.1) is 13.8 Å². The summed E-state index contributed by atoms with van der Waals surface area (Å²) in [5.74, 6) is -0.366. The number of ether oxygens (including phenoxy) is 1. The van der Waals surface area contributed by atoms with E-state index in [0.717, 1.165) is 18.7 Å². The van der Waals surface area contributed by atoms with Crippen LogP contribution in [0.15, 0.2) is 29.4 Å². The van der Waals surface area contributed by atoms with Crippen molar-refractivity contribution in [2.45, 2.75) is 45.2 Å². The van der Waals surface area contributed by atoms with Crippen molar-refractivity contribution in [2.24, 2.45) is 0 Å². The average molecular weight is 372 g/mol. The highest BCUT2D eigenvalue weighted by atomic mass is 32.2. The maximum Gasteiger partial charge on any atom is 0.342 e. The molecular formula is C20H25N3O2S. The summed E-state index contributed by atoms with van der Waals surface area (Å²) in [6.45, 7) is 8.13. The van der Waals surface area contributed by atoms with Gasteiger partial charge in [0.05, 0.1) is 18.0 Å². The first kappa shape index (κ1) is 18.9. The van der Waals surface area contributed by atoms with Gasteiger partial charge in [-0.2, -0.15) is 0 Å². The van der Waals surface area contributed by atoms with E-state index in [1.54, 1.807) is 18.9 Å². The summed E-state index contributed by atoms with van der Waals surface area (Å²) < 4.78 is 7.56. The molecule has 1 aliphatic heterocycles. The Kier molecular flexibility index (Phi) is 6.27. The first-order valence-electron chi connectivity index (χ1n) is 9.14. The normalized spacial score (nSPS) is 15.0. The minimum atomic E-state index is -0.366. The molecule has 0 unspecified atom stereocenters. The number of nitrogens with zero attached hydrogens (tertiary/aromatic N) is 3. The first-order chi connectivity index (χ1) is 12.6. The van der Waals surface area contributed by atoms with Gasteiger partial charge < -0.3 is 4.74 Å². The fourth-order valence-electron chi connectivity index (χ4n) is 3.03. The zero-order valence-electron chi connectivity index (χ0n) is 15.6. The Hall–Kier alpha value is -1.92. The lowest BCUT2D eigenvalue weighted by Crippen LogP contribution is -2.23. The van der Waals surface area contributed by atoms with Gasteiger partial charge in [-0.1, -0.05) is 36.2 Å². The molecule has 0 bridgehead atoms. The Morgan fingerprint density at radius 3 is 2.46 bits per heavy atom. The largest absolute Gasteiger partial charge is 0.462 e. The lowest BCUT2D eigenvalue weighted by Gasteiger charge is -2.24. The van der Waals surface area contributed by atoms with E-state index >= 15 is 0 Å². The van der Waals surface area contributed by atoms with E-state index in [1.807, 2.05) is 38.1 Å². The molecule has 5 nitrogen and oxygen atoms in total. The van der Waals surface area contributed by atoms with Crippen LogP contribution in [-0.2, 0) is 4.74 Å². The summed E-state index contributed by atoms with van der Waals surface area (Å²) in [5.41, 5.74) is 3.84. The molecule has 2 heterocycles. The second-order valence-corrected chi connectivity index (χ2v) is 7.55. The molecule has 1 aromatic heterocycles. The smallest absolute Gasteiger partial charge is 0.342 e. The van der Waals surface area contributed by atoms with E-state index < -0.39 is 0 Å². The number of hydrogen-bond donors (Lipinski definition) is 0. The fraction of sp³-hybridized carbons (Fsp3) is 0.450. The topological polar surface area (TPSA) is 55.3 Å². The van der Waals surface area contributed by atoms with Crippen molar-refractivity contribution >= 4 is 17.9 Å². The van der Waals surface area contributed by atoms with Gasteiger partial charge >= 0.3 is 5.97 Å². The average Bonchev–Trinajstić information content (AvgIpc) is 2.63. The Morgan fingerprint density at radius 1 is 1.12 bits per heavy atom. The van der Waals surface area contributed by atoms with Gasteiger partial charge in [-0.25, -0.2) is 19.1 Å². The Bertz CT molecular complexity index is 771. The van der Waals surface area contributed by atoms with E-state index in [-0.39, 0.29) is 5.97 Å². The summed E-state index contributed by atoms with van der Waals surface area (Å²) in [6, 6.07) is 8.04. The van der Waals surface area contributed by atoms with Gasteiger partial charge in [0.15, 0.2) is 0 Å². The molecule has 0 saturated carbocycles. The van der Waals surface area contributed by atoms with E-state index in [1.165, 1.54) is 24.8 Å². The van der Waals surface area contributed by atoms with Crippen LogP contribution in [-0.4, -0.2) is 39.9 Å². The number of aryl methyl sites for hydroxylation is 2. The monoisotopic (exact) mass is 371 g/mol. The minimum absolute atomic E-state index is 0.329. The second kappa shape index (κ2) is 8.64. The maximum absolute atomic E-state index is 12.5. The van der Waals surface area contributed by atoms with Gasteiger partial charge in [0.25, 0.3) is 0 Å². The van der Waals surface area contributed by atoms with Crippen molar-refractivity contribution in [1.82, 2.24) is 14.3 Å². The molecule has 2 aromatic rings. The van der Waals surface area contributed by atoms with Gasteiger partial charge in [-0.3, -0.25) is 0 Å². The van der Waals surface area contributed by atoms with Crippen LogP contribution >= 0.6 is 11.9 Å². The molecule has 0 radical (unpaired) electrons. The number of rotatable bonds is 5. The van der Waals surface area contributed by atoms with Gasteiger partial charge in [0, 0.05) is 18.7 Å². The maximum atomic E-state index is 12.5. The van der Waals surface area contributed by atoms with Crippen molar-refractivity contribution in [3.8, 4) is 11.3 Å². The van der Waals surface area contributed by atoms with Crippen LogP contribution in [0.2, 0.25) is 0 Å². The van der Waals surface area contributed by atoms with Crippen LogP contribution < -0.4 is 0 Å². The molecule has 138 valence electrons. The lowest BCUT2D eigenvalue weighted by molar-refractivity contribution is 0.0525. The highest BCUT2D eigenvalue weighted by Gasteiger charge is 2.22. The van der Waals surface area contributed by atoms with E-state index in [4.69, 9.17) is 9.72 Å². The highest BCUT2D eigenvalue weighted by Crippen LogP contribution is 2.30. The summed E-state index contributed by atoms with van der Waals surface area (Å²) in [5, 5.41) is 0.688. The predicted octanol–water partition coefficient (Wildman–Crippen LogP) is 4.43. The molecule has 1 fully saturated rings. The minimum Gasteiger partial charge on any atom is -0.462 e. The number of piperidine rings is 1. The molecule has 1 aliphatic rings. The summed E-state index contributed by atoms with van der Waals surface area (Å²) in [6.07, 6.45) is 3.70. The number of carbonyl (C=O) groups is 1. The number of esters is 1. The Labute approximate surface area is 159 Å². The Morgan fingerprint density at radius 2 is 1.81 bits per heavy atom. The molecule has 1 aromatic carbocycles. The van der Waals surface area contributed by atoms with Crippen LogP contribution in [0.5, 0.6) is 0 Å². The molecule has 6 heteroatoms. The number of aromatic nitrogens is 2. The molecule has 0 atom stereocenters. The van der Waals surface area contributed by atoms with Crippen LogP contribution in [0.1, 0.15) is 47.8 Å². The zero-order chi connectivity index (χ0) is 18.5. The van der Waals surface area contributed by atoms with Crippen molar-refractivity contribution in [3.05, 3.63) is 41.1 Å². The van der Waals surface area contributed by atoms with Crippen molar-refractivity contribution in [3.63, 3.8) is 0 Å². The number of benzene rings is 1. The van der Waals surface area contributed by atoms with E-state index in [9.17, 15) is 4.79 Å². The molecular weight excluding hydrogens is 346 g/mol. The summed E-state index contributed by atoms with van der Waals surface area (Å²) in [7, 11) is 0. The fourth-order valence-corrected chi connectivity index (χ4v) is 4.01. The van der Waals surface area contributed by atoms with Crippen LogP contribution in [0.4, 0.5) is 0 Å². The third kappa shape index (κ3) is 4.43. The molecule has 0 amide bonds. The molecule has 26 heavy (non-hydrogen) atoms. The van der Waals surface area contributed by atoms with Gasteiger partial charge in [0.1, 0.15) is 5.56 Å². The number of carbonyl (C=O) groups excluding carboxylic acids is 1. The molecule has 0 aliphatic carbocycles. The first-order valence-corrected chi connectivity index (χ1v) is 9.91. The summed E-state index contributed by atoms with van der Waals surface area (Å²) in [4.78, 5) is 21.8. The molecule has 1 saturated heterocycles. The zero-order valence-corrected chi connectivity index (χ0v) is 16.4. The molecule has 3 rings (SSSR count). The van der Waals surface area contributed by atoms with Crippen molar-refractivity contribution < 1.29 is 9.53 Å². The predicted molar refractivity (Wildman–Crippen MR) is 104 cm³/mol. The van der Waals surface area contributed by atoms with Gasteiger partial charge in [-0.05, 0) is 45.6 Å². The molecule has 0 N–H and O–H groups in total. The molecule has 0 spiro atoms. The Balaban J connectivity index is 2.01. The van der Waals surface area contributed by atoms with E-state index in [2.05, 4.69) is 9.29 Å². The van der Waals surface area contributed by atoms with Crippen LogP contribution in [0.25, 0.3) is 11.3 Å².